The standard InChI is InChI=1S/C13H14N4OS/c14-8-4-3-7-15-11(8)12(18)17-13-16-9-5-1-2-6-10(9)19-13/h3-4,7H,1-2,5-6,14H2,(H,16,17,18). The highest BCUT2D eigenvalue weighted by Gasteiger charge is 2.18. The van der Waals surface area contributed by atoms with E-state index in [1.54, 1.807) is 29.7 Å². The fourth-order valence-corrected chi connectivity index (χ4v) is 3.21. The first kappa shape index (κ1) is 12.1. The van der Waals surface area contributed by atoms with E-state index >= 15 is 0 Å². The van der Waals surface area contributed by atoms with Crippen molar-refractivity contribution in [2.24, 2.45) is 0 Å². The molecule has 0 spiro atoms. The second-order valence-corrected chi connectivity index (χ2v) is 5.57. The van der Waals surface area contributed by atoms with Crippen LogP contribution in [0, 0.1) is 0 Å². The summed E-state index contributed by atoms with van der Waals surface area (Å²) in [4.78, 5) is 21.8. The highest BCUT2D eigenvalue weighted by molar-refractivity contribution is 7.15. The zero-order chi connectivity index (χ0) is 13.2. The van der Waals surface area contributed by atoms with Gasteiger partial charge in [-0.3, -0.25) is 10.1 Å². The van der Waals surface area contributed by atoms with Crippen LogP contribution >= 0.6 is 11.3 Å². The molecule has 1 aliphatic carbocycles. The number of fused-ring (bicyclic) bond motifs is 1. The summed E-state index contributed by atoms with van der Waals surface area (Å²) in [5, 5.41) is 3.42. The van der Waals surface area contributed by atoms with Crippen molar-refractivity contribution in [1.82, 2.24) is 9.97 Å². The van der Waals surface area contributed by atoms with Crippen LogP contribution in [-0.4, -0.2) is 15.9 Å². The molecule has 0 aliphatic heterocycles. The van der Waals surface area contributed by atoms with Crippen LogP contribution in [0.5, 0.6) is 0 Å². The molecule has 98 valence electrons. The fraction of sp³-hybridized carbons (Fsp3) is 0.308. The molecule has 0 radical (unpaired) electrons. The molecule has 0 aromatic carbocycles. The molecule has 2 aromatic heterocycles. The lowest BCUT2D eigenvalue weighted by molar-refractivity contribution is 0.102. The molecule has 1 aliphatic rings. The van der Waals surface area contributed by atoms with Crippen LogP contribution in [0.1, 0.15) is 33.9 Å². The minimum atomic E-state index is -0.302. The van der Waals surface area contributed by atoms with Gasteiger partial charge in [-0.1, -0.05) is 0 Å². The molecule has 3 N–H and O–H groups in total. The average Bonchev–Trinajstić information content (AvgIpc) is 2.81. The van der Waals surface area contributed by atoms with Crippen molar-refractivity contribution >= 4 is 28.1 Å². The second kappa shape index (κ2) is 4.97. The van der Waals surface area contributed by atoms with Gasteiger partial charge in [0.15, 0.2) is 10.8 Å². The lowest BCUT2D eigenvalue weighted by Crippen LogP contribution is -2.15. The van der Waals surface area contributed by atoms with Gasteiger partial charge in [-0.05, 0) is 37.8 Å². The molecule has 0 saturated heterocycles. The number of anilines is 2. The Morgan fingerprint density at radius 1 is 1.37 bits per heavy atom. The van der Waals surface area contributed by atoms with Gasteiger partial charge in [0.1, 0.15) is 0 Å². The first-order chi connectivity index (χ1) is 9.24. The van der Waals surface area contributed by atoms with Crippen molar-refractivity contribution < 1.29 is 4.79 Å². The fourth-order valence-electron chi connectivity index (χ4n) is 2.17. The van der Waals surface area contributed by atoms with Gasteiger partial charge < -0.3 is 5.73 Å². The van der Waals surface area contributed by atoms with Crippen molar-refractivity contribution in [3.05, 3.63) is 34.6 Å². The van der Waals surface area contributed by atoms with E-state index in [1.807, 2.05) is 0 Å². The summed E-state index contributed by atoms with van der Waals surface area (Å²) in [6.45, 7) is 0. The Morgan fingerprint density at radius 3 is 3.00 bits per heavy atom. The number of aryl methyl sites for hydroxylation is 2. The van der Waals surface area contributed by atoms with Crippen molar-refractivity contribution in [3.63, 3.8) is 0 Å². The molecule has 0 unspecified atom stereocenters. The number of nitrogens with one attached hydrogen (secondary N) is 1. The van der Waals surface area contributed by atoms with Gasteiger partial charge in [-0.15, -0.1) is 11.3 Å². The number of rotatable bonds is 2. The van der Waals surface area contributed by atoms with E-state index in [0.717, 1.165) is 18.5 Å². The van der Waals surface area contributed by atoms with Crippen LogP contribution in [0.25, 0.3) is 0 Å². The Kier molecular flexibility index (Phi) is 3.16. The van der Waals surface area contributed by atoms with E-state index in [-0.39, 0.29) is 11.6 Å². The van der Waals surface area contributed by atoms with Crippen molar-refractivity contribution in [2.75, 3.05) is 11.1 Å². The maximum atomic E-state index is 12.1. The van der Waals surface area contributed by atoms with Gasteiger partial charge in [0.2, 0.25) is 0 Å². The number of nitrogen functional groups attached to an aromatic ring is 1. The minimum Gasteiger partial charge on any atom is -0.397 e. The SMILES string of the molecule is Nc1cccnc1C(=O)Nc1nc2c(s1)CCCC2. The molecule has 0 saturated carbocycles. The number of carbonyl (C=O) groups is 1. The van der Waals surface area contributed by atoms with E-state index in [0.29, 0.717) is 10.8 Å². The first-order valence-electron chi connectivity index (χ1n) is 6.24. The number of nitrogens with zero attached hydrogens (tertiary/aromatic N) is 2. The second-order valence-electron chi connectivity index (χ2n) is 4.49. The average molecular weight is 274 g/mol. The Balaban J connectivity index is 1.80. The van der Waals surface area contributed by atoms with E-state index in [9.17, 15) is 4.79 Å². The molecule has 2 heterocycles. The van der Waals surface area contributed by atoms with Gasteiger partial charge in [-0.25, -0.2) is 9.97 Å². The predicted octanol–water partition coefficient (Wildman–Crippen LogP) is 2.25. The molecule has 0 fully saturated rings. The molecule has 3 rings (SSSR count). The summed E-state index contributed by atoms with van der Waals surface area (Å²) < 4.78 is 0. The third kappa shape index (κ3) is 2.44. The van der Waals surface area contributed by atoms with Crippen molar-refractivity contribution in [1.29, 1.82) is 0 Å². The highest BCUT2D eigenvalue weighted by atomic mass is 32.1. The van der Waals surface area contributed by atoms with Crippen LogP contribution < -0.4 is 11.1 Å². The van der Waals surface area contributed by atoms with Gasteiger partial charge >= 0.3 is 0 Å². The minimum absolute atomic E-state index is 0.246. The van der Waals surface area contributed by atoms with E-state index in [1.165, 1.54) is 17.7 Å². The normalized spacial score (nSPS) is 13.9. The largest absolute Gasteiger partial charge is 0.397 e. The van der Waals surface area contributed by atoms with E-state index < -0.39 is 0 Å². The van der Waals surface area contributed by atoms with Gasteiger partial charge in [0, 0.05) is 11.1 Å². The van der Waals surface area contributed by atoms with Crippen LogP contribution in [0.2, 0.25) is 0 Å². The molecule has 0 bridgehead atoms. The van der Waals surface area contributed by atoms with E-state index in [2.05, 4.69) is 15.3 Å². The number of amides is 1. The number of hydrogen-bond donors (Lipinski definition) is 2. The third-order valence-electron chi connectivity index (χ3n) is 3.12. The van der Waals surface area contributed by atoms with Gasteiger partial charge in [0.25, 0.3) is 5.91 Å². The van der Waals surface area contributed by atoms with Crippen LogP contribution in [0.4, 0.5) is 10.8 Å². The Morgan fingerprint density at radius 2 is 2.21 bits per heavy atom. The number of hydrogen-bond acceptors (Lipinski definition) is 5. The van der Waals surface area contributed by atoms with Crippen LogP contribution in [0.15, 0.2) is 18.3 Å². The third-order valence-corrected chi connectivity index (χ3v) is 4.19. The summed E-state index contributed by atoms with van der Waals surface area (Å²) in [6, 6.07) is 3.36. The zero-order valence-corrected chi connectivity index (χ0v) is 11.2. The molecular formula is C13H14N4OS. The van der Waals surface area contributed by atoms with Crippen LogP contribution in [-0.2, 0) is 12.8 Å². The van der Waals surface area contributed by atoms with Crippen molar-refractivity contribution in [2.45, 2.75) is 25.7 Å². The summed E-state index contributed by atoms with van der Waals surface area (Å²) >= 11 is 1.55. The first-order valence-corrected chi connectivity index (χ1v) is 7.06. The molecular weight excluding hydrogens is 260 g/mol. The van der Waals surface area contributed by atoms with Crippen LogP contribution in [0.3, 0.4) is 0 Å². The smallest absolute Gasteiger partial charge is 0.278 e. The zero-order valence-electron chi connectivity index (χ0n) is 10.3. The Hall–Kier alpha value is -1.95. The lowest BCUT2D eigenvalue weighted by Gasteiger charge is -2.06. The number of carbonyl (C=O) groups excluding carboxylic acids is 1. The monoisotopic (exact) mass is 274 g/mol. The highest BCUT2D eigenvalue weighted by Crippen LogP contribution is 2.29. The quantitative estimate of drug-likeness (QED) is 0.880. The maximum Gasteiger partial charge on any atom is 0.278 e. The molecule has 5 nitrogen and oxygen atoms in total. The molecule has 6 heteroatoms. The molecule has 2 aromatic rings. The van der Waals surface area contributed by atoms with E-state index in [4.69, 9.17) is 5.73 Å². The predicted molar refractivity (Wildman–Crippen MR) is 75.4 cm³/mol. The lowest BCUT2D eigenvalue weighted by atomic mass is 10.0. The molecule has 0 atom stereocenters. The summed E-state index contributed by atoms with van der Waals surface area (Å²) in [7, 11) is 0. The number of aromatic nitrogens is 2. The molecule has 1 amide bonds. The van der Waals surface area contributed by atoms with Gasteiger partial charge in [0.05, 0.1) is 11.4 Å². The Labute approximate surface area is 114 Å². The number of thiazole rings is 1. The molecule has 19 heavy (non-hydrogen) atoms. The number of nitrogens with two attached hydrogens (primary N) is 1. The Bertz CT molecular complexity index is 599. The summed E-state index contributed by atoms with van der Waals surface area (Å²) in [5.74, 6) is -0.302. The summed E-state index contributed by atoms with van der Waals surface area (Å²) in [6.07, 6.45) is 6.01. The summed E-state index contributed by atoms with van der Waals surface area (Å²) in [5.41, 5.74) is 7.48. The van der Waals surface area contributed by atoms with Gasteiger partial charge in [-0.2, -0.15) is 0 Å². The van der Waals surface area contributed by atoms with Crippen molar-refractivity contribution in [3.8, 4) is 0 Å². The number of pyridine rings is 1. The topological polar surface area (TPSA) is 80.9 Å². The maximum absolute atomic E-state index is 12.1.